The summed E-state index contributed by atoms with van der Waals surface area (Å²) in [6, 6.07) is 0. The Morgan fingerprint density at radius 3 is 2.50 bits per heavy atom. The lowest BCUT2D eigenvalue weighted by Crippen LogP contribution is -2.52. The van der Waals surface area contributed by atoms with Crippen molar-refractivity contribution in [2.24, 2.45) is 0 Å². The van der Waals surface area contributed by atoms with E-state index in [-0.39, 0.29) is 13.2 Å². The summed E-state index contributed by atoms with van der Waals surface area (Å²) in [6.07, 6.45) is 0. The highest BCUT2D eigenvalue weighted by atomic mass is 32.1. The Kier molecular flexibility index (Phi) is 2.75. The summed E-state index contributed by atoms with van der Waals surface area (Å²) in [5.74, 6) is -0.468. The number of ether oxygens (including phenoxy) is 1. The number of hydrogen-bond donors (Lipinski definition) is 1. The van der Waals surface area contributed by atoms with Gasteiger partial charge >= 0.3 is 5.97 Å². The van der Waals surface area contributed by atoms with Crippen molar-refractivity contribution in [2.45, 2.75) is 32.1 Å². The maximum absolute atomic E-state index is 11.3. The van der Waals surface area contributed by atoms with Crippen molar-refractivity contribution in [1.82, 2.24) is 4.98 Å². The number of carbonyl (C=O) groups is 1. The molecule has 1 aliphatic rings. The summed E-state index contributed by atoms with van der Waals surface area (Å²) < 4.78 is 5.08. The van der Waals surface area contributed by atoms with Gasteiger partial charge in [0.2, 0.25) is 0 Å². The molecule has 1 aromatic heterocycles. The van der Waals surface area contributed by atoms with Gasteiger partial charge in [-0.3, -0.25) is 4.79 Å². The average Bonchev–Trinajstić information content (AvgIpc) is 2.46. The van der Waals surface area contributed by atoms with Crippen LogP contribution in [-0.2, 0) is 14.9 Å². The van der Waals surface area contributed by atoms with Crippen LogP contribution in [0.15, 0.2) is 0 Å². The molecule has 1 aromatic rings. The van der Waals surface area contributed by atoms with Gasteiger partial charge in [0, 0.05) is 10.8 Å². The van der Waals surface area contributed by atoms with Crippen molar-refractivity contribution in [1.29, 1.82) is 0 Å². The molecule has 88 valence electrons. The molecular weight excluding hydrogens is 226 g/mol. The molecule has 2 rings (SSSR count). The lowest BCUT2D eigenvalue weighted by atomic mass is 9.83. The van der Waals surface area contributed by atoms with E-state index in [1.807, 2.05) is 6.92 Å². The minimum absolute atomic E-state index is 0.267. The van der Waals surface area contributed by atoms with Crippen LogP contribution in [0, 0.1) is 6.92 Å². The maximum Gasteiger partial charge on any atom is 0.319 e. The molecule has 4 nitrogen and oxygen atoms in total. The molecule has 0 amide bonds. The topological polar surface area (TPSA) is 59.4 Å². The quantitative estimate of drug-likeness (QED) is 0.878. The predicted octanol–water partition coefficient (Wildman–Crippen LogP) is 1.93. The van der Waals surface area contributed by atoms with Crippen LogP contribution in [-0.4, -0.2) is 29.3 Å². The van der Waals surface area contributed by atoms with Gasteiger partial charge in [0.1, 0.15) is 5.41 Å². The normalized spacial score (nSPS) is 18.5. The number of aliphatic carboxylic acids is 1. The molecule has 0 bridgehead atoms. The van der Waals surface area contributed by atoms with E-state index in [9.17, 15) is 9.90 Å². The van der Waals surface area contributed by atoms with E-state index in [2.05, 4.69) is 18.8 Å². The summed E-state index contributed by atoms with van der Waals surface area (Å²) in [7, 11) is 0. The third-order valence-corrected chi connectivity index (χ3v) is 4.51. The van der Waals surface area contributed by atoms with Crippen LogP contribution in [0.25, 0.3) is 0 Å². The van der Waals surface area contributed by atoms with Gasteiger partial charge in [0.25, 0.3) is 0 Å². The zero-order chi connectivity index (χ0) is 11.9. The van der Waals surface area contributed by atoms with Crippen LogP contribution in [0.4, 0.5) is 0 Å². The first-order chi connectivity index (χ1) is 7.47. The van der Waals surface area contributed by atoms with Crippen LogP contribution in [0.2, 0.25) is 0 Å². The molecule has 0 unspecified atom stereocenters. The maximum atomic E-state index is 11.3. The average molecular weight is 241 g/mol. The van der Waals surface area contributed by atoms with E-state index in [1.165, 1.54) is 11.3 Å². The van der Waals surface area contributed by atoms with Crippen molar-refractivity contribution in [3.8, 4) is 0 Å². The van der Waals surface area contributed by atoms with Gasteiger partial charge in [-0.25, -0.2) is 4.98 Å². The van der Waals surface area contributed by atoms with E-state index in [4.69, 9.17) is 4.74 Å². The van der Waals surface area contributed by atoms with Crippen LogP contribution < -0.4 is 0 Å². The number of carboxylic acids is 1. The van der Waals surface area contributed by atoms with E-state index in [0.717, 1.165) is 15.6 Å². The van der Waals surface area contributed by atoms with E-state index >= 15 is 0 Å². The zero-order valence-corrected chi connectivity index (χ0v) is 10.4. The van der Waals surface area contributed by atoms with E-state index in [1.54, 1.807) is 0 Å². The number of aryl methyl sites for hydroxylation is 1. The number of aromatic nitrogens is 1. The first kappa shape index (κ1) is 11.5. The second-order valence-electron chi connectivity index (χ2n) is 4.50. The molecule has 1 N–H and O–H groups in total. The molecule has 1 aliphatic heterocycles. The summed E-state index contributed by atoms with van der Waals surface area (Å²) in [6.45, 7) is 6.53. The van der Waals surface area contributed by atoms with Crippen LogP contribution in [0.3, 0.4) is 0 Å². The van der Waals surface area contributed by atoms with Crippen molar-refractivity contribution in [2.75, 3.05) is 13.2 Å². The molecule has 5 heteroatoms. The molecule has 2 heterocycles. The first-order valence-corrected chi connectivity index (χ1v) is 6.08. The standard InChI is InChI=1S/C11H15NO3S/c1-6(2)9-12-7(3)8(16-9)11(10(13)14)4-15-5-11/h6H,4-5H2,1-3H3,(H,13,14). The van der Waals surface area contributed by atoms with Gasteiger partial charge in [-0.2, -0.15) is 0 Å². The Hall–Kier alpha value is -0.940. The fourth-order valence-corrected chi connectivity index (χ4v) is 2.99. The van der Waals surface area contributed by atoms with Crippen molar-refractivity contribution in [3.63, 3.8) is 0 Å². The Morgan fingerprint density at radius 2 is 2.19 bits per heavy atom. The molecule has 0 saturated carbocycles. The lowest BCUT2D eigenvalue weighted by molar-refractivity contribution is -0.162. The Bertz CT molecular complexity index is 421. The molecule has 1 saturated heterocycles. The molecule has 0 aliphatic carbocycles. The van der Waals surface area contributed by atoms with Gasteiger partial charge in [-0.1, -0.05) is 13.8 Å². The monoisotopic (exact) mass is 241 g/mol. The zero-order valence-electron chi connectivity index (χ0n) is 9.61. The summed E-state index contributed by atoms with van der Waals surface area (Å²) in [5.41, 5.74) is -0.00562. The van der Waals surface area contributed by atoms with Crippen molar-refractivity contribution >= 4 is 17.3 Å². The van der Waals surface area contributed by atoms with Crippen molar-refractivity contribution in [3.05, 3.63) is 15.6 Å². The minimum Gasteiger partial charge on any atom is -0.480 e. The van der Waals surface area contributed by atoms with Crippen LogP contribution in [0.5, 0.6) is 0 Å². The van der Waals surface area contributed by atoms with Crippen molar-refractivity contribution < 1.29 is 14.6 Å². The number of carboxylic acid groups (broad SMARTS) is 1. The predicted molar refractivity (Wildman–Crippen MR) is 61.1 cm³/mol. The molecule has 16 heavy (non-hydrogen) atoms. The molecule has 0 spiro atoms. The lowest BCUT2D eigenvalue weighted by Gasteiger charge is -2.36. The largest absolute Gasteiger partial charge is 0.480 e. The van der Waals surface area contributed by atoms with Gasteiger partial charge in [-0.05, 0) is 6.92 Å². The third kappa shape index (κ3) is 1.55. The molecule has 0 aromatic carbocycles. The Morgan fingerprint density at radius 1 is 1.56 bits per heavy atom. The van der Waals surface area contributed by atoms with E-state index < -0.39 is 11.4 Å². The second kappa shape index (κ2) is 3.82. The molecular formula is C11H15NO3S. The Balaban J connectivity index is 2.43. The molecule has 1 fully saturated rings. The van der Waals surface area contributed by atoms with Crippen LogP contribution in [0.1, 0.15) is 35.3 Å². The van der Waals surface area contributed by atoms with E-state index in [0.29, 0.717) is 5.92 Å². The van der Waals surface area contributed by atoms with Crippen LogP contribution >= 0.6 is 11.3 Å². The van der Waals surface area contributed by atoms with Gasteiger partial charge in [0.05, 0.1) is 23.9 Å². The third-order valence-electron chi connectivity index (χ3n) is 2.85. The number of thiazole rings is 1. The summed E-state index contributed by atoms with van der Waals surface area (Å²) >= 11 is 1.51. The molecule has 0 atom stereocenters. The summed E-state index contributed by atoms with van der Waals surface area (Å²) in [5, 5.41) is 10.3. The highest BCUT2D eigenvalue weighted by Gasteiger charge is 2.50. The number of nitrogens with zero attached hydrogens (tertiary/aromatic N) is 1. The Labute approximate surface area is 98.3 Å². The number of rotatable bonds is 3. The second-order valence-corrected chi connectivity index (χ2v) is 5.53. The fraction of sp³-hybridized carbons (Fsp3) is 0.636. The number of hydrogen-bond acceptors (Lipinski definition) is 4. The summed E-state index contributed by atoms with van der Waals surface area (Å²) in [4.78, 5) is 16.6. The SMILES string of the molecule is Cc1nc(C(C)C)sc1C1(C(=O)O)COC1. The van der Waals surface area contributed by atoms with Gasteiger partial charge in [-0.15, -0.1) is 11.3 Å². The van der Waals surface area contributed by atoms with Gasteiger partial charge < -0.3 is 9.84 Å². The molecule has 0 radical (unpaired) electrons. The first-order valence-electron chi connectivity index (χ1n) is 5.26. The minimum atomic E-state index is -0.838. The fourth-order valence-electron chi connectivity index (χ4n) is 1.77. The highest BCUT2D eigenvalue weighted by Crippen LogP contribution is 2.39. The smallest absolute Gasteiger partial charge is 0.319 e. The highest BCUT2D eigenvalue weighted by molar-refractivity contribution is 7.12. The van der Waals surface area contributed by atoms with Gasteiger partial charge in [0.15, 0.2) is 0 Å².